The molecule has 1 heterocycles. The topological polar surface area (TPSA) is 87.3 Å². The average molecular weight is 200 g/mol. The van der Waals surface area contributed by atoms with Crippen LogP contribution in [0.4, 0.5) is 0 Å². The van der Waals surface area contributed by atoms with Gasteiger partial charge in [-0.25, -0.2) is 4.21 Å². The molecule has 0 amide bonds. The van der Waals surface area contributed by atoms with Crippen LogP contribution < -0.4 is 34.3 Å². The van der Waals surface area contributed by atoms with Crippen molar-refractivity contribution >= 4 is 11.4 Å². The van der Waals surface area contributed by atoms with Crippen molar-refractivity contribution in [1.82, 2.24) is 0 Å². The van der Waals surface area contributed by atoms with Gasteiger partial charge in [-0.2, -0.15) is 4.73 Å². The minimum Gasteiger partial charge on any atom is -1.00 e. The quantitative estimate of drug-likeness (QED) is 0.206. The summed E-state index contributed by atoms with van der Waals surface area (Å²) in [4.78, 5) is 0. The van der Waals surface area contributed by atoms with Gasteiger partial charge in [0, 0.05) is 12.1 Å². The third-order valence-electron chi connectivity index (χ3n) is 0.688. The molecule has 1 aromatic heterocycles. The molecule has 1 aromatic rings. The Morgan fingerprint density at radius 3 is 1.83 bits per heavy atom. The minimum absolute atomic E-state index is 0. The molecule has 0 saturated carbocycles. The fourth-order valence-electron chi connectivity index (χ4n) is 0.383. The van der Waals surface area contributed by atoms with Gasteiger partial charge in [0.05, 0.1) is 11.4 Å². The zero-order valence-electron chi connectivity index (χ0n) is 7.41. The van der Waals surface area contributed by atoms with E-state index < -0.39 is 11.4 Å². The monoisotopic (exact) mass is 200 g/mol. The number of nitrogens with zero attached hydrogens (tertiary/aromatic N) is 1. The first kappa shape index (κ1) is 14.5. The van der Waals surface area contributed by atoms with E-state index >= 15 is 0 Å². The summed E-state index contributed by atoms with van der Waals surface area (Å²) < 4.78 is 24.8. The number of hydrogen-bond acceptors (Lipinski definition) is 3. The van der Waals surface area contributed by atoms with Crippen LogP contribution in [0.3, 0.4) is 0 Å². The summed E-state index contributed by atoms with van der Waals surface area (Å²) in [6, 6.07) is 5.18. The van der Waals surface area contributed by atoms with E-state index in [1.165, 1.54) is 12.4 Å². The number of rotatable bonds is 0. The van der Waals surface area contributed by atoms with Crippen LogP contribution in [-0.4, -0.2) is 13.3 Å². The number of pyridine rings is 1. The molecule has 0 radical (unpaired) electrons. The molecular formula is C5H7NNaO4S-. The summed E-state index contributed by atoms with van der Waals surface area (Å²) in [6.45, 7) is 0. The minimum atomic E-state index is -2.86. The summed E-state index contributed by atoms with van der Waals surface area (Å²) in [6.07, 6.45) is 2.89. The van der Waals surface area contributed by atoms with Crippen LogP contribution in [0.1, 0.15) is 1.43 Å². The van der Waals surface area contributed by atoms with E-state index in [1.54, 1.807) is 18.2 Å². The van der Waals surface area contributed by atoms with Gasteiger partial charge < -0.3 is 15.7 Å². The third kappa shape index (κ3) is 12.7. The maximum Gasteiger partial charge on any atom is 1.00 e. The van der Waals surface area contributed by atoms with Crippen LogP contribution in [0.2, 0.25) is 0 Å². The van der Waals surface area contributed by atoms with Crippen LogP contribution in [0, 0.1) is 5.21 Å². The van der Waals surface area contributed by atoms with Crippen LogP contribution >= 0.6 is 0 Å². The first-order valence-electron chi connectivity index (χ1n) is 2.55. The first-order chi connectivity index (χ1) is 5.13. The van der Waals surface area contributed by atoms with Crippen LogP contribution in [0.5, 0.6) is 0 Å². The van der Waals surface area contributed by atoms with Crippen molar-refractivity contribution in [2.24, 2.45) is 0 Å². The molecule has 1 unspecified atom stereocenters. The molecule has 0 spiro atoms. The molecule has 5 nitrogen and oxygen atoms in total. The molecule has 0 saturated heterocycles. The van der Waals surface area contributed by atoms with Gasteiger partial charge in [0.2, 0.25) is 0 Å². The molecule has 0 aliphatic carbocycles. The Bertz CT molecular complexity index is 221. The summed E-state index contributed by atoms with van der Waals surface area (Å²) in [5, 5.41) is 10.2. The maximum absolute atomic E-state index is 10.2. The molecule has 12 heavy (non-hydrogen) atoms. The summed E-state index contributed by atoms with van der Waals surface area (Å²) in [7, 11) is 0. The molecule has 1 N–H and O–H groups in total. The average Bonchev–Trinajstić information content (AvgIpc) is 1.87. The van der Waals surface area contributed by atoms with E-state index in [0.717, 1.165) is 4.73 Å². The van der Waals surface area contributed by atoms with Crippen LogP contribution in [-0.2, 0) is 11.4 Å². The van der Waals surface area contributed by atoms with Gasteiger partial charge in [-0.05, 0) is 0 Å². The zero-order chi connectivity index (χ0) is 8.69. The Hall–Kier alpha value is 0.0200. The standard InChI is InChI=1S/C5H5NO.Na.H2O3S.H/c7-6-4-2-1-3-5-6;;1-4(2)3;/h1-5H;;(H2,1,2,3);/q;+1;;-1/p-1. The van der Waals surface area contributed by atoms with Gasteiger partial charge in [0.1, 0.15) is 0 Å². The summed E-state index contributed by atoms with van der Waals surface area (Å²) in [5.41, 5.74) is 0. The van der Waals surface area contributed by atoms with E-state index in [2.05, 4.69) is 0 Å². The van der Waals surface area contributed by atoms with E-state index in [4.69, 9.17) is 13.3 Å². The smallest absolute Gasteiger partial charge is 1.00 e. The summed E-state index contributed by atoms with van der Waals surface area (Å²) >= 11 is -2.86. The third-order valence-corrected chi connectivity index (χ3v) is 0.688. The fraction of sp³-hybridized carbons (Fsp3) is 0. The number of hydrogen-bond donors (Lipinski definition) is 1. The van der Waals surface area contributed by atoms with Crippen molar-refractivity contribution in [3.05, 3.63) is 35.8 Å². The molecule has 0 aliphatic heterocycles. The van der Waals surface area contributed by atoms with Crippen LogP contribution in [0.15, 0.2) is 30.6 Å². The zero-order valence-corrected chi connectivity index (χ0v) is 9.23. The van der Waals surface area contributed by atoms with Crippen molar-refractivity contribution in [2.75, 3.05) is 0 Å². The van der Waals surface area contributed by atoms with Crippen molar-refractivity contribution in [3.63, 3.8) is 0 Å². The Balaban J connectivity index is -0.000000150. The first-order valence-corrected chi connectivity index (χ1v) is 3.58. The van der Waals surface area contributed by atoms with Gasteiger partial charge in [-0.1, -0.05) is 6.07 Å². The number of aromatic nitrogens is 1. The molecule has 1 atom stereocenters. The molecule has 0 bridgehead atoms. The Morgan fingerprint density at radius 1 is 1.33 bits per heavy atom. The van der Waals surface area contributed by atoms with E-state index in [0.29, 0.717) is 0 Å². The van der Waals surface area contributed by atoms with Gasteiger partial charge >= 0.3 is 29.6 Å². The molecule has 7 heteroatoms. The van der Waals surface area contributed by atoms with E-state index in [1.807, 2.05) is 0 Å². The van der Waals surface area contributed by atoms with Crippen molar-refractivity contribution in [2.45, 2.75) is 0 Å². The molecule has 64 valence electrons. The summed E-state index contributed by atoms with van der Waals surface area (Å²) in [5.74, 6) is 0. The largest absolute Gasteiger partial charge is 1.00 e. The van der Waals surface area contributed by atoms with Gasteiger partial charge in [0.25, 0.3) is 0 Å². The second kappa shape index (κ2) is 9.11. The Morgan fingerprint density at radius 2 is 1.67 bits per heavy atom. The molecule has 0 aromatic carbocycles. The van der Waals surface area contributed by atoms with Crippen LogP contribution in [0.25, 0.3) is 0 Å². The van der Waals surface area contributed by atoms with Gasteiger partial charge in [-0.3, -0.25) is 0 Å². The molecule has 1 rings (SSSR count). The predicted octanol–water partition coefficient (Wildman–Crippen LogP) is -3.22. The normalized spacial score (nSPS) is 10.2. The SMILES string of the molecule is O=S([O-])O.[H-].[Na+].[O-][n+]1ccccc1. The molecule has 0 fully saturated rings. The molecular weight excluding hydrogens is 193 g/mol. The Labute approximate surface area is 95.9 Å². The van der Waals surface area contributed by atoms with Crippen molar-refractivity contribution < 1.29 is 49.0 Å². The maximum atomic E-state index is 10.2. The van der Waals surface area contributed by atoms with Gasteiger partial charge in [0.15, 0.2) is 12.4 Å². The Kier molecular flexibility index (Phi) is 11.0. The van der Waals surface area contributed by atoms with Crippen molar-refractivity contribution in [3.8, 4) is 0 Å². The second-order valence-electron chi connectivity index (χ2n) is 1.45. The van der Waals surface area contributed by atoms with E-state index in [9.17, 15) is 5.21 Å². The van der Waals surface area contributed by atoms with Crippen molar-refractivity contribution in [1.29, 1.82) is 0 Å². The fourth-order valence-corrected chi connectivity index (χ4v) is 0.383. The predicted molar refractivity (Wildman–Crippen MR) is 38.1 cm³/mol. The molecule has 0 aliphatic rings. The van der Waals surface area contributed by atoms with Gasteiger partial charge in [-0.15, -0.1) is 0 Å². The second-order valence-corrected chi connectivity index (χ2v) is 1.89. The van der Waals surface area contributed by atoms with E-state index in [-0.39, 0.29) is 31.0 Å².